The molecular formula is C15H16ClN3O. The molecule has 0 saturated heterocycles. The molecule has 1 amide bonds. The van der Waals surface area contributed by atoms with E-state index in [9.17, 15) is 4.79 Å². The number of nitrogens with one attached hydrogen (secondary N) is 2. The number of nitrogens with zero attached hydrogens (tertiary/aromatic N) is 1. The van der Waals surface area contributed by atoms with Gasteiger partial charge < -0.3 is 5.32 Å². The second-order valence-electron chi connectivity index (χ2n) is 5.30. The number of rotatable bonds is 4. The van der Waals surface area contributed by atoms with Crippen molar-refractivity contribution >= 4 is 17.5 Å². The monoisotopic (exact) mass is 289 g/mol. The van der Waals surface area contributed by atoms with Crippen LogP contribution in [0.1, 0.15) is 29.7 Å². The maximum atomic E-state index is 12.5. The molecule has 1 saturated carbocycles. The van der Waals surface area contributed by atoms with Crippen LogP contribution in [0.15, 0.2) is 30.5 Å². The lowest BCUT2D eigenvalue weighted by Crippen LogP contribution is -2.34. The van der Waals surface area contributed by atoms with Gasteiger partial charge in [0.1, 0.15) is 0 Å². The average molecular weight is 290 g/mol. The van der Waals surface area contributed by atoms with E-state index in [4.69, 9.17) is 11.6 Å². The van der Waals surface area contributed by atoms with E-state index in [0.717, 1.165) is 29.7 Å². The summed E-state index contributed by atoms with van der Waals surface area (Å²) in [6.45, 7) is 2.45. The predicted molar refractivity (Wildman–Crippen MR) is 77.5 cm³/mol. The van der Waals surface area contributed by atoms with Crippen molar-refractivity contribution < 1.29 is 4.79 Å². The summed E-state index contributed by atoms with van der Waals surface area (Å²) in [5.41, 5.74) is 2.62. The zero-order valence-electron chi connectivity index (χ0n) is 11.2. The topological polar surface area (TPSA) is 57.8 Å². The van der Waals surface area contributed by atoms with Crippen LogP contribution in [0.4, 0.5) is 0 Å². The maximum Gasteiger partial charge on any atom is 0.230 e. The molecule has 0 atom stereocenters. The van der Waals surface area contributed by atoms with Gasteiger partial charge in [-0.25, -0.2) is 0 Å². The molecule has 1 fully saturated rings. The highest BCUT2D eigenvalue weighted by atomic mass is 35.5. The van der Waals surface area contributed by atoms with Crippen molar-refractivity contribution in [1.82, 2.24) is 15.5 Å². The quantitative estimate of drug-likeness (QED) is 0.909. The number of hydrogen-bond donors (Lipinski definition) is 2. The molecular weight excluding hydrogens is 274 g/mol. The maximum absolute atomic E-state index is 12.5. The summed E-state index contributed by atoms with van der Waals surface area (Å²) in [7, 11) is 0. The minimum Gasteiger partial charge on any atom is -0.351 e. The molecule has 1 aromatic heterocycles. The summed E-state index contributed by atoms with van der Waals surface area (Å²) in [6.07, 6.45) is 3.50. The van der Waals surface area contributed by atoms with Crippen LogP contribution < -0.4 is 5.32 Å². The molecule has 1 aliphatic carbocycles. The summed E-state index contributed by atoms with van der Waals surface area (Å²) in [6, 6.07) is 7.58. The van der Waals surface area contributed by atoms with E-state index in [1.54, 1.807) is 6.20 Å². The van der Waals surface area contributed by atoms with Gasteiger partial charge in [-0.05, 0) is 37.5 Å². The Bertz CT molecular complexity index is 646. The van der Waals surface area contributed by atoms with E-state index in [1.165, 1.54) is 0 Å². The number of H-pyrrole nitrogens is 1. The van der Waals surface area contributed by atoms with Crippen molar-refractivity contribution in [3.05, 3.63) is 52.3 Å². The van der Waals surface area contributed by atoms with Crippen LogP contribution in [0.25, 0.3) is 0 Å². The number of aromatic amines is 1. The summed E-state index contributed by atoms with van der Waals surface area (Å²) >= 11 is 6.02. The first-order valence-corrected chi connectivity index (χ1v) is 7.03. The van der Waals surface area contributed by atoms with Crippen LogP contribution >= 0.6 is 11.6 Å². The van der Waals surface area contributed by atoms with Crippen LogP contribution in [-0.2, 0) is 16.8 Å². The molecule has 104 valence electrons. The Hall–Kier alpha value is -1.81. The largest absolute Gasteiger partial charge is 0.351 e. The molecule has 0 radical (unpaired) electrons. The van der Waals surface area contributed by atoms with E-state index in [2.05, 4.69) is 15.5 Å². The van der Waals surface area contributed by atoms with Crippen LogP contribution in [0.3, 0.4) is 0 Å². The molecule has 20 heavy (non-hydrogen) atoms. The van der Waals surface area contributed by atoms with Crippen molar-refractivity contribution in [2.24, 2.45) is 0 Å². The lowest BCUT2D eigenvalue weighted by Gasteiger charge is -2.16. The standard InChI is InChI=1S/C15H16ClN3O/c1-10-11(9-18-19-10)8-17-14(20)15(5-6-15)12-3-2-4-13(16)7-12/h2-4,7,9H,5-6,8H2,1H3,(H,17,20)(H,18,19). The Labute approximate surface area is 122 Å². The Morgan fingerprint density at radius 2 is 2.30 bits per heavy atom. The molecule has 1 aliphatic rings. The van der Waals surface area contributed by atoms with Gasteiger partial charge in [0.15, 0.2) is 0 Å². The van der Waals surface area contributed by atoms with Gasteiger partial charge in [0.05, 0.1) is 11.6 Å². The van der Waals surface area contributed by atoms with Gasteiger partial charge in [0.2, 0.25) is 5.91 Å². The smallest absolute Gasteiger partial charge is 0.230 e. The van der Waals surface area contributed by atoms with Gasteiger partial charge in [0.25, 0.3) is 0 Å². The number of carbonyl (C=O) groups excluding carboxylic acids is 1. The molecule has 0 unspecified atom stereocenters. The van der Waals surface area contributed by atoms with Crippen LogP contribution in [0.2, 0.25) is 5.02 Å². The summed E-state index contributed by atoms with van der Waals surface area (Å²) in [5.74, 6) is 0.0698. The van der Waals surface area contributed by atoms with Gasteiger partial charge in [-0.2, -0.15) is 5.10 Å². The molecule has 0 bridgehead atoms. The number of aryl methyl sites for hydroxylation is 1. The zero-order chi connectivity index (χ0) is 14.2. The number of halogens is 1. The fourth-order valence-corrected chi connectivity index (χ4v) is 2.65. The number of hydrogen-bond acceptors (Lipinski definition) is 2. The molecule has 2 N–H and O–H groups in total. The molecule has 4 nitrogen and oxygen atoms in total. The fraction of sp³-hybridized carbons (Fsp3) is 0.333. The van der Waals surface area contributed by atoms with Crippen LogP contribution in [0.5, 0.6) is 0 Å². The first-order valence-electron chi connectivity index (χ1n) is 6.65. The molecule has 2 aromatic rings. The Morgan fingerprint density at radius 3 is 2.90 bits per heavy atom. The minimum absolute atomic E-state index is 0.0698. The first-order chi connectivity index (χ1) is 9.62. The summed E-state index contributed by atoms with van der Waals surface area (Å²) in [5, 5.41) is 10.5. The number of aromatic nitrogens is 2. The lowest BCUT2D eigenvalue weighted by atomic mass is 9.95. The van der Waals surface area contributed by atoms with Crippen molar-refractivity contribution in [2.45, 2.75) is 31.7 Å². The normalized spacial score (nSPS) is 15.9. The van der Waals surface area contributed by atoms with Gasteiger partial charge in [-0.1, -0.05) is 23.7 Å². The fourth-order valence-electron chi connectivity index (χ4n) is 2.46. The summed E-state index contributed by atoms with van der Waals surface area (Å²) in [4.78, 5) is 12.5. The van der Waals surface area contributed by atoms with Crippen LogP contribution in [0, 0.1) is 6.92 Å². The third-order valence-corrected chi connectivity index (χ3v) is 4.17. The van der Waals surface area contributed by atoms with Gasteiger partial charge in [0, 0.05) is 22.8 Å². The Balaban J connectivity index is 1.72. The lowest BCUT2D eigenvalue weighted by molar-refractivity contribution is -0.123. The molecule has 1 aromatic carbocycles. The highest BCUT2D eigenvalue weighted by Crippen LogP contribution is 2.48. The van der Waals surface area contributed by atoms with Gasteiger partial charge in [-0.3, -0.25) is 9.89 Å². The SMILES string of the molecule is Cc1[nH]ncc1CNC(=O)C1(c2cccc(Cl)c2)CC1. The first kappa shape index (κ1) is 13.2. The highest BCUT2D eigenvalue weighted by molar-refractivity contribution is 6.30. The third-order valence-electron chi connectivity index (χ3n) is 3.94. The Morgan fingerprint density at radius 1 is 1.50 bits per heavy atom. The third kappa shape index (κ3) is 2.31. The van der Waals surface area contributed by atoms with E-state index >= 15 is 0 Å². The van der Waals surface area contributed by atoms with E-state index in [-0.39, 0.29) is 11.3 Å². The molecule has 1 heterocycles. The van der Waals surface area contributed by atoms with E-state index in [0.29, 0.717) is 11.6 Å². The van der Waals surface area contributed by atoms with Gasteiger partial charge in [-0.15, -0.1) is 0 Å². The molecule has 5 heteroatoms. The summed E-state index contributed by atoms with van der Waals surface area (Å²) < 4.78 is 0. The number of amides is 1. The average Bonchev–Trinajstić information content (AvgIpc) is 3.15. The van der Waals surface area contributed by atoms with Gasteiger partial charge >= 0.3 is 0 Å². The number of carbonyl (C=O) groups is 1. The van der Waals surface area contributed by atoms with Crippen molar-refractivity contribution in [3.8, 4) is 0 Å². The molecule has 0 aliphatic heterocycles. The van der Waals surface area contributed by atoms with Crippen molar-refractivity contribution in [1.29, 1.82) is 0 Å². The van der Waals surface area contributed by atoms with E-state index in [1.807, 2.05) is 31.2 Å². The Kier molecular flexibility index (Phi) is 3.26. The van der Waals surface area contributed by atoms with Crippen molar-refractivity contribution in [2.75, 3.05) is 0 Å². The zero-order valence-corrected chi connectivity index (χ0v) is 12.0. The second-order valence-corrected chi connectivity index (χ2v) is 5.73. The predicted octanol–water partition coefficient (Wildman–Crippen LogP) is 2.72. The highest BCUT2D eigenvalue weighted by Gasteiger charge is 2.51. The second kappa shape index (κ2) is 4.94. The molecule has 3 rings (SSSR count). The minimum atomic E-state index is -0.386. The molecule has 0 spiro atoms. The van der Waals surface area contributed by atoms with Crippen LogP contribution in [-0.4, -0.2) is 16.1 Å². The van der Waals surface area contributed by atoms with Crippen molar-refractivity contribution in [3.63, 3.8) is 0 Å². The number of benzene rings is 1. The van der Waals surface area contributed by atoms with E-state index < -0.39 is 0 Å².